The summed E-state index contributed by atoms with van der Waals surface area (Å²) in [5.41, 5.74) is 0.892. The van der Waals surface area contributed by atoms with Gasteiger partial charge in [-0.1, -0.05) is 23.7 Å². The van der Waals surface area contributed by atoms with Crippen molar-refractivity contribution in [2.45, 2.75) is 4.90 Å². The van der Waals surface area contributed by atoms with E-state index in [9.17, 15) is 13.2 Å². The summed E-state index contributed by atoms with van der Waals surface area (Å²) < 4.78 is 37.4. The molecular weight excluding hydrogens is 404 g/mol. The van der Waals surface area contributed by atoms with Crippen molar-refractivity contribution in [3.63, 3.8) is 0 Å². The van der Waals surface area contributed by atoms with E-state index in [2.05, 4.69) is 5.32 Å². The van der Waals surface area contributed by atoms with Crippen LogP contribution in [0.3, 0.4) is 0 Å². The Morgan fingerprint density at radius 2 is 1.96 bits per heavy atom. The van der Waals surface area contributed by atoms with E-state index in [1.54, 1.807) is 30.3 Å². The van der Waals surface area contributed by atoms with E-state index in [4.69, 9.17) is 21.1 Å². The van der Waals surface area contributed by atoms with E-state index >= 15 is 0 Å². The predicted octanol–water partition coefficient (Wildman–Crippen LogP) is 2.66. The molecule has 0 saturated carbocycles. The summed E-state index contributed by atoms with van der Waals surface area (Å²) in [7, 11) is -2.13. The van der Waals surface area contributed by atoms with Crippen LogP contribution in [-0.4, -0.2) is 58.5 Å². The van der Waals surface area contributed by atoms with Crippen LogP contribution in [0.4, 0.5) is 5.69 Å². The van der Waals surface area contributed by atoms with Crippen LogP contribution < -0.4 is 10.1 Å². The molecule has 1 N–H and O–H groups in total. The van der Waals surface area contributed by atoms with Gasteiger partial charge in [0.2, 0.25) is 10.0 Å². The number of nitrogens with zero attached hydrogens (tertiary/aromatic N) is 1. The highest BCUT2D eigenvalue weighted by Crippen LogP contribution is 2.27. The van der Waals surface area contributed by atoms with Gasteiger partial charge < -0.3 is 14.8 Å². The van der Waals surface area contributed by atoms with Gasteiger partial charge in [0, 0.05) is 23.7 Å². The molecule has 150 valence electrons. The predicted molar refractivity (Wildman–Crippen MR) is 107 cm³/mol. The highest BCUT2D eigenvalue weighted by molar-refractivity contribution is 7.89. The highest BCUT2D eigenvalue weighted by atomic mass is 35.5. The average Bonchev–Trinajstić information content (AvgIpc) is 2.73. The molecule has 0 atom stereocenters. The number of ether oxygens (including phenoxy) is 2. The van der Waals surface area contributed by atoms with Crippen LogP contribution in [-0.2, 0) is 14.8 Å². The van der Waals surface area contributed by atoms with Gasteiger partial charge in [0.25, 0.3) is 0 Å². The van der Waals surface area contributed by atoms with Gasteiger partial charge in [-0.2, -0.15) is 4.31 Å². The Morgan fingerprint density at radius 1 is 1.21 bits per heavy atom. The van der Waals surface area contributed by atoms with Crippen LogP contribution in [0.1, 0.15) is 10.4 Å². The van der Waals surface area contributed by atoms with Gasteiger partial charge in [0.05, 0.1) is 37.5 Å². The molecule has 2 aromatic carbocycles. The summed E-state index contributed by atoms with van der Waals surface area (Å²) in [6.07, 6.45) is 0. The van der Waals surface area contributed by atoms with Gasteiger partial charge in [-0.15, -0.1) is 0 Å². The van der Waals surface area contributed by atoms with Gasteiger partial charge in [0.15, 0.2) is 5.78 Å². The molecule has 0 bridgehead atoms. The van der Waals surface area contributed by atoms with Crippen molar-refractivity contribution in [2.75, 3.05) is 45.3 Å². The molecule has 0 unspecified atom stereocenters. The maximum absolute atomic E-state index is 12.8. The van der Waals surface area contributed by atoms with E-state index in [-0.39, 0.29) is 17.2 Å². The summed E-state index contributed by atoms with van der Waals surface area (Å²) in [5, 5.41) is 3.50. The molecule has 0 aromatic heterocycles. The van der Waals surface area contributed by atoms with Crippen molar-refractivity contribution in [1.82, 2.24) is 4.31 Å². The number of hydrogen-bond donors (Lipinski definition) is 1. The molecule has 1 heterocycles. The van der Waals surface area contributed by atoms with Crippen LogP contribution in [0.15, 0.2) is 47.4 Å². The molecule has 0 aliphatic carbocycles. The monoisotopic (exact) mass is 424 g/mol. The second kappa shape index (κ2) is 8.91. The zero-order valence-corrected chi connectivity index (χ0v) is 16.9. The van der Waals surface area contributed by atoms with Crippen molar-refractivity contribution in [2.24, 2.45) is 0 Å². The average molecular weight is 425 g/mol. The minimum atomic E-state index is -3.66. The lowest BCUT2D eigenvalue weighted by atomic mass is 10.1. The number of carbonyl (C=O) groups is 1. The minimum absolute atomic E-state index is 0.0300. The number of sulfonamides is 1. The van der Waals surface area contributed by atoms with Crippen molar-refractivity contribution in [3.8, 4) is 5.75 Å². The van der Waals surface area contributed by atoms with E-state index in [0.29, 0.717) is 48.3 Å². The van der Waals surface area contributed by atoms with Gasteiger partial charge in [-0.25, -0.2) is 8.42 Å². The number of Topliss-reactive ketones (excluding diaryl/α,β-unsaturated/α-hetero) is 1. The first-order chi connectivity index (χ1) is 13.4. The maximum atomic E-state index is 12.8. The summed E-state index contributed by atoms with van der Waals surface area (Å²) in [6, 6.07) is 11.1. The molecule has 1 saturated heterocycles. The third kappa shape index (κ3) is 4.64. The first-order valence-corrected chi connectivity index (χ1v) is 10.5. The standard InChI is InChI=1S/C19H21ClN2O5S/c1-26-19-6-5-15(20)12-17(19)21-13-18(23)14-3-2-4-16(11-14)28(24,25)22-7-9-27-10-8-22/h2-6,11-12,21H,7-10,13H2,1H3. The van der Waals surface area contributed by atoms with E-state index in [1.807, 2.05) is 0 Å². The molecule has 0 spiro atoms. The van der Waals surface area contributed by atoms with Crippen LogP contribution in [0, 0.1) is 0 Å². The Bertz CT molecular complexity index is 959. The number of methoxy groups -OCH3 is 1. The smallest absolute Gasteiger partial charge is 0.243 e. The fraction of sp³-hybridized carbons (Fsp3) is 0.316. The summed E-state index contributed by atoms with van der Waals surface area (Å²) >= 11 is 5.99. The maximum Gasteiger partial charge on any atom is 0.243 e. The normalized spacial score (nSPS) is 15.2. The Balaban J connectivity index is 1.75. The zero-order valence-electron chi connectivity index (χ0n) is 15.4. The lowest BCUT2D eigenvalue weighted by molar-refractivity contribution is 0.0730. The number of rotatable bonds is 7. The quantitative estimate of drug-likeness (QED) is 0.688. The van der Waals surface area contributed by atoms with Gasteiger partial charge in [-0.05, 0) is 30.3 Å². The van der Waals surface area contributed by atoms with Gasteiger partial charge in [-0.3, -0.25) is 4.79 Å². The minimum Gasteiger partial charge on any atom is -0.495 e. The number of hydrogen-bond acceptors (Lipinski definition) is 6. The van der Waals surface area contributed by atoms with Crippen molar-refractivity contribution in [3.05, 3.63) is 53.1 Å². The van der Waals surface area contributed by atoms with Crippen LogP contribution >= 0.6 is 11.6 Å². The summed E-state index contributed by atoms with van der Waals surface area (Å²) in [4.78, 5) is 12.7. The number of carbonyl (C=O) groups excluding carboxylic acids is 1. The highest BCUT2D eigenvalue weighted by Gasteiger charge is 2.26. The Hall–Kier alpha value is -2.13. The molecule has 2 aromatic rings. The van der Waals surface area contributed by atoms with Crippen LogP contribution in [0.25, 0.3) is 0 Å². The lowest BCUT2D eigenvalue weighted by Crippen LogP contribution is -2.40. The second-order valence-corrected chi connectivity index (χ2v) is 8.54. The Kier molecular flexibility index (Phi) is 6.56. The first-order valence-electron chi connectivity index (χ1n) is 8.70. The molecule has 0 radical (unpaired) electrons. The van der Waals surface area contributed by atoms with Gasteiger partial charge in [0.1, 0.15) is 5.75 Å². The molecule has 28 heavy (non-hydrogen) atoms. The number of anilines is 1. The fourth-order valence-corrected chi connectivity index (χ4v) is 4.49. The molecule has 9 heteroatoms. The number of benzene rings is 2. The third-order valence-corrected chi connectivity index (χ3v) is 6.49. The molecule has 3 rings (SSSR count). The molecule has 1 aliphatic rings. The Morgan fingerprint density at radius 3 is 2.68 bits per heavy atom. The number of nitrogens with one attached hydrogen (secondary N) is 1. The molecular formula is C19H21ClN2O5S. The number of halogens is 1. The second-order valence-electron chi connectivity index (χ2n) is 6.17. The van der Waals surface area contributed by atoms with Crippen molar-refractivity contribution >= 4 is 33.1 Å². The third-order valence-electron chi connectivity index (χ3n) is 4.36. The van der Waals surface area contributed by atoms with Crippen LogP contribution in [0.2, 0.25) is 5.02 Å². The van der Waals surface area contributed by atoms with Crippen molar-refractivity contribution in [1.29, 1.82) is 0 Å². The zero-order chi connectivity index (χ0) is 20.1. The topological polar surface area (TPSA) is 84.9 Å². The molecule has 0 amide bonds. The summed E-state index contributed by atoms with van der Waals surface area (Å²) in [6.45, 7) is 1.30. The SMILES string of the molecule is COc1ccc(Cl)cc1NCC(=O)c1cccc(S(=O)(=O)N2CCOCC2)c1. The van der Waals surface area contributed by atoms with Gasteiger partial charge >= 0.3 is 0 Å². The lowest BCUT2D eigenvalue weighted by Gasteiger charge is -2.26. The Labute approximate surface area is 169 Å². The fourth-order valence-electron chi connectivity index (χ4n) is 2.86. The first kappa shape index (κ1) is 20.6. The number of ketones is 1. The van der Waals surface area contributed by atoms with E-state index in [0.717, 1.165) is 0 Å². The molecule has 1 fully saturated rings. The van der Waals surface area contributed by atoms with E-state index < -0.39 is 10.0 Å². The summed E-state index contributed by atoms with van der Waals surface area (Å²) in [5.74, 6) is 0.307. The van der Waals surface area contributed by atoms with E-state index in [1.165, 1.54) is 23.5 Å². The van der Waals surface area contributed by atoms with Crippen molar-refractivity contribution < 1.29 is 22.7 Å². The molecule has 1 aliphatic heterocycles. The molecule has 7 nitrogen and oxygen atoms in total. The van der Waals surface area contributed by atoms with Crippen LogP contribution in [0.5, 0.6) is 5.75 Å². The largest absolute Gasteiger partial charge is 0.495 e. The number of morpholine rings is 1.